The maximum Gasteiger partial charge on any atom is 0.209 e. The van der Waals surface area contributed by atoms with Crippen LogP contribution in [0.1, 0.15) is 17.5 Å². The second-order valence-electron chi connectivity index (χ2n) is 6.44. The van der Waals surface area contributed by atoms with Gasteiger partial charge in [0.1, 0.15) is 6.61 Å². The SMILES string of the molecule is COc1cc(CNCCCSc2nnnn2C)ccc1OCc1c(Cl)cccc1Cl.Cl. The molecule has 31 heavy (non-hydrogen) atoms. The number of rotatable bonds is 11. The summed E-state index contributed by atoms with van der Waals surface area (Å²) < 4.78 is 13.1. The third-order valence-corrected chi connectivity index (χ3v) is 6.11. The molecule has 3 aromatic rings. The predicted molar refractivity (Wildman–Crippen MR) is 127 cm³/mol. The Kier molecular flexibility index (Phi) is 10.7. The number of methoxy groups -OCH3 is 1. The van der Waals surface area contributed by atoms with Gasteiger partial charge in [0.2, 0.25) is 5.16 Å². The molecule has 0 aliphatic rings. The van der Waals surface area contributed by atoms with Crippen LogP contribution in [0.3, 0.4) is 0 Å². The first-order valence-electron chi connectivity index (χ1n) is 9.37. The lowest BCUT2D eigenvalue weighted by Crippen LogP contribution is -2.15. The van der Waals surface area contributed by atoms with Gasteiger partial charge in [-0.1, -0.05) is 47.1 Å². The molecule has 0 amide bonds. The molecule has 0 aliphatic heterocycles. The number of hydrogen-bond acceptors (Lipinski definition) is 7. The Hall–Kier alpha value is -1.71. The van der Waals surface area contributed by atoms with E-state index in [0.29, 0.717) is 21.5 Å². The fourth-order valence-electron chi connectivity index (χ4n) is 2.70. The van der Waals surface area contributed by atoms with Crippen molar-refractivity contribution in [2.75, 3.05) is 19.4 Å². The Labute approximate surface area is 202 Å². The molecule has 7 nitrogen and oxygen atoms in total. The standard InChI is InChI=1S/C20H23Cl2N5O2S.ClH/c1-27-20(24-25-26-27)30-10-4-9-23-12-14-7-8-18(19(11-14)28-2)29-13-15-16(21)5-3-6-17(15)22;/h3,5-8,11,23H,4,9-10,12-13H2,1-2H3;1H. The average Bonchev–Trinajstić information content (AvgIpc) is 3.15. The fourth-order valence-corrected chi connectivity index (χ4v) is 3.99. The van der Waals surface area contributed by atoms with Crippen molar-refractivity contribution in [2.45, 2.75) is 24.7 Å². The molecule has 11 heteroatoms. The van der Waals surface area contributed by atoms with E-state index in [9.17, 15) is 0 Å². The van der Waals surface area contributed by atoms with Crippen LogP contribution in [0.4, 0.5) is 0 Å². The quantitative estimate of drug-likeness (QED) is 0.297. The third kappa shape index (κ3) is 7.43. The number of aryl methyl sites for hydroxylation is 1. The van der Waals surface area contributed by atoms with Crippen LogP contribution >= 0.6 is 47.4 Å². The van der Waals surface area contributed by atoms with Crippen LogP contribution in [0.25, 0.3) is 0 Å². The van der Waals surface area contributed by atoms with Crippen molar-refractivity contribution < 1.29 is 9.47 Å². The predicted octanol–water partition coefficient (Wildman–Crippen LogP) is 4.80. The molecule has 1 N–H and O–H groups in total. The van der Waals surface area contributed by atoms with Crippen molar-refractivity contribution >= 4 is 47.4 Å². The monoisotopic (exact) mass is 503 g/mol. The van der Waals surface area contributed by atoms with Crippen LogP contribution in [0, 0.1) is 0 Å². The number of nitrogens with one attached hydrogen (secondary N) is 1. The Morgan fingerprint density at radius 2 is 1.90 bits per heavy atom. The number of aromatic nitrogens is 4. The Morgan fingerprint density at radius 3 is 2.58 bits per heavy atom. The van der Waals surface area contributed by atoms with E-state index in [1.54, 1.807) is 35.7 Å². The molecule has 168 valence electrons. The van der Waals surface area contributed by atoms with Crippen molar-refractivity contribution in [1.29, 1.82) is 0 Å². The van der Waals surface area contributed by atoms with Gasteiger partial charge >= 0.3 is 0 Å². The molecule has 0 aliphatic carbocycles. The minimum Gasteiger partial charge on any atom is -0.493 e. The molecule has 2 aromatic carbocycles. The Morgan fingerprint density at radius 1 is 1.13 bits per heavy atom. The molecule has 1 heterocycles. The van der Waals surface area contributed by atoms with Gasteiger partial charge in [-0.05, 0) is 53.2 Å². The maximum atomic E-state index is 6.21. The van der Waals surface area contributed by atoms with E-state index in [-0.39, 0.29) is 19.0 Å². The summed E-state index contributed by atoms with van der Waals surface area (Å²) in [6, 6.07) is 11.3. The van der Waals surface area contributed by atoms with E-state index < -0.39 is 0 Å². The maximum absolute atomic E-state index is 6.21. The second kappa shape index (κ2) is 13.0. The average molecular weight is 505 g/mol. The van der Waals surface area contributed by atoms with Crippen molar-refractivity contribution in [3.05, 3.63) is 57.6 Å². The number of ether oxygens (including phenoxy) is 2. The molecule has 0 radical (unpaired) electrons. The van der Waals surface area contributed by atoms with Gasteiger partial charge in [-0.2, -0.15) is 0 Å². The van der Waals surface area contributed by atoms with Crippen molar-refractivity contribution in [3.63, 3.8) is 0 Å². The highest BCUT2D eigenvalue weighted by Gasteiger charge is 2.10. The lowest BCUT2D eigenvalue weighted by molar-refractivity contribution is 0.284. The first-order valence-corrected chi connectivity index (χ1v) is 11.1. The molecule has 0 bridgehead atoms. The number of tetrazole rings is 1. The summed E-state index contributed by atoms with van der Waals surface area (Å²) in [5.74, 6) is 2.26. The fraction of sp³-hybridized carbons (Fsp3) is 0.350. The topological polar surface area (TPSA) is 74.1 Å². The van der Waals surface area contributed by atoms with Crippen molar-refractivity contribution in [3.8, 4) is 11.5 Å². The number of halogens is 3. The third-order valence-electron chi connectivity index (χ3n) is 4.30. The summed E-state index contributed by atoms with van der Waals surface area (Å²) in [6.45, 7) is 1.90. The second-order valence-corrected chi connectivity index (χ2v) is 8.31. The van der Waals surface area contributed by atoms with Gasteiger partial charge in [0.05, 0.1) is 7.11 Å². The van der Waals surface area contributed by atoms with Gasteiger partial charge in [0.15, 0.2) is 11.5 Å². The van der Waals surface area contributed by atoms with E-state index in [1.165, 1.54) is 0 Å². The molecule has 0 saturated carbocycles. The van der Waals surface area contributed by atoms with Gasteiger partial charge in [-0.3, -0.25) is 0 Å². The van der Waals surface area contributed by atoms with E-state index in [2.05, 4.69) is 20.8 Å². The van der Waals surface area contributed by atoms with E-state index >= 15 is 0 Å². The minimum atomic E-state index is 0. The van der Waals surface area contributed by atoms with Crippen LogP contribution in [0.15, 0.2) is 41.6 Å². The van der Waals surface area contributed by atoms with Gasteiger partial charge < -0.3 is 14.8 Å². The molecular weight excluding hydrogens is 481 g/mol. The summed E-state index contributed by atoms with van der Waals surface area (Å²) in [7, 11) is 3.46. The summed E-state index contributed by atoms with van der Waals surface area (Å²) in [6.07, 6.45) is 1.01. The van der Waals surface area contributed by atoms with E-state index in [1.807, 2.05) is 31.3 Å². The molecule has 3 rings (SSSR count). The molecule has 0 unspecified atom stereocenters. The molecule has 0 atom stereocenters. The highest BCUT2D eigenvalue weighted by molar-refractivity contribution is 7.99. The normalized spacial score (nSPS) is 10.6. The number of nitrogens with zero attached hydrogens (tertiary/aromatic N) is 4. The smallest absolute Gasteiger partial charge is 0.209 e. The minimum absolute atomic E-state index is 0. The number of thioether (sulfide) groups is 1. The molecule has 0 spiro atoms. The summed E-state index contributed by atoms with van der Waals surface area (Å²) in [4.78, 5) is 0. The number of hydrogen-bond donors (Lipinski definition) is 1. The highest BCUT2D eigenvalue weighted by atomic mass is 35.5. The zero-order valence-electron chi connectivity index (χ0n) is 17.2. The van der Waals surface area contributed by atoms with E-state index in [0.717, 1.165) is 41.5 Å². The molecule has 1 aromatic heterocycles. The lowest BCUT2D eigenvalue weighted by atomic mass is 10.2. The highest BCUT2D eigenvalue weighted by Crippen LogP contribution is 2.31. The van der Waals surface area contributed by atoms with Crippen molar-refractivity contribution in [2.24, 2.45) is 7.05 Å². The van der Waals surface area contributed by atoms with Gasteiger partial charge in [0, 0.05) is 35.0 Å². The van der Waals surface area contributed by atoms with Gasteiger partial charge in [-0.15, -0.1) is 17.5 Å². The zero-order chi connectivity index (χ0) is 21.3. The summed E-state index contributed by atoms with van der Waals surface area (Å²) >= 11 is 14.1. The van der Waals surface area contributed by atoms with Crippen LogP contribution in [0.2, 0.25) is 10.0 Å². The summed E-state index contributed by atoms with van der Waals surface area (Å²) in [5, 5.41) is 16.8. The largest absolute Gasteiger partial charge is 0.493 e. The molecule has 0 fully saturated rings. The van der Waals surface area contributed by atoms with Gasteiger partial charge in [0.25, 0.3) is 0 Å². The first-order chi connectivity index (χ1) is 14.6. The lowest BCUT2D eigenvalue weighted by Gasteiger charge is -2.14. The van der Waals surface area contributed by atoms with Crippen molar-refractivity contribution in [1.82, 2.24) is 25.5 Å². The number of benzene rings is 2. The van der Waals surface area contributed by atoms with Crippen LogP contribution in [-0.4, -0.2) is 39.6 Å². The van der Waals surface area contributed by atoms with Crippen LogP contribution < -0.4 is 14.8 Å². The Bertz CT molecular complexity index is 953. The summed E-state index contributed by atoms with van der Waals surface area (Å²) in [5.41, 5.74) is 1.86. The first kappa shape index (κ1) is 25.5. The van der Waals surface area contributed by atoms with E-state index in [4.69, 9.17) is 32.7 Å². The zero-order valence-corrected chi connectivity index (χ0v) is 20.3. The van der Waals surface area contributed by atoms with Crippen LogP contribution in [0.5, 0.6) is 11.5 Å². The van der Waals surface area contributed by atoms with Crippen LogP contribution in [-0.2, 0) is 20.2 Å². The molecular formula is C20H24Cl3N5O2S. The molecule has 0 saturated heterocycles. The Balaban J connectivity index is 0.00000341. The van der Waals surface area contributed by atoms with Gasteiger partial charge in [-0.25, -0.2) is 4.68 Å².